The molecule has 0 bridgehead atoms. The van der Waals surface area contributed by atoms with Gasteiger partial charge in [0.2, 0.25) is 5.13 Å². The van der Waals surface area contributed by atoms with Gasteiger partial charge in [0.25, 0.3) is 0 Å². The molecule has 1 N–H and O–H groups in total. The van der Waals surface area contributed by atoms with E-state index in [1.165, 1.54) is 24.4 Å². The predicted molar refractivity (Wildman–Crippen MR) is 63.1 cm³/mol. The molecule has 6 heteroatoms. The van der Waals surface area contributed by atoms with Crippen molar-refractivity contribution in [3.05, 3.63) is 17.7 Å². The maximum atomic E-state index is 4.48. The zero-order chi connectivity index (χ0) is 11.1. The minimum Gasteiger partial charge on any atom is -0.327 e. The van der Waals surface area contributed by atoms with Crippen LogP contribution >= 0.6 is 11.5 Å². The maximum Gasteiger partial charge on any atom is 0.207 e. The van der Waals surface area contributed by atoms with E-state index in [0.29, 0.717) is 5.92 Å². The van der Waals surface area contributed by atoms with Gasteiger partial charge in [-0.1, -0.05) is 0 Å². The number of rotatable bonds is 3. The van der Waals surface area contributed by atoms with Crippen LogP contribution in [0.1, 0.15) is 30.3 Å². The van der Waals surface area contributed by atoms with Crippen LogP contribution in [-0.4, -0.2) is 19.1 Å². The van der Waals surface area contributed by atoms with Crippen molar-refractivity contribution in [1.82, 2.24) is 19.1 Å². The minimum absolute atomic E-state index is 0.613. The number of nitrogens with one attached hydrogen (secondary N) is 1. The second kappa shape index (κ2) is 3.55. The summed E-state index contributed by atoms with van der Waals surface area (Å²) < 4.78 is 6.14. The molecule has 3 rings (SSSR count). The summed E-state index contributed by atoms with van der Waals surface area (Å²) in [7, 11) is 1.91. The molecular weight excluding hydrogens is 222 g/mol. The fraction of sp³-hybridized carbons (Fsp3) is 0.500. The van der Waals surface area contributed by atoms with E-state index < -0.39 is 0 Å². The van der Waals surface area contributed by atoms with Gasteiger partial charge in [-0.15, -0.1) is 0 Å². The Morgan fingerprint density at radius 3 is 2.94 bits per heavy atom. The SMILES string of the molecule is Cc1nn(C)cc1Nc1nc(C2CC2)ns1. The summed E-state index contributed by atoms with van der Waals surface area (Å²) in [4.78, 5) is 4.48. The molecule has 0 saturated heterocycles. The number of aryl methyl sites for hydroxylation is 2. The van der Waals surface area contributed by atoms with Gasteiger partial charge >= 0.3 is 0 Å². The second-order valence-electron chi connectivity index (χ2n) is 4.16. The molecule has 1 aliphatic rings. The van der Waals surface area contributed by atoms with Crippen molar-refractivity contribution in [3.63, 3.8) is 0 Å². The van der Waals surface area contributed by atoms with E-state index in [1.54, 1.807) is 4.68 Å². The third-order valence-corrected chi connectivity index (χ3v) is 3.28. The summed E-state index contributed by atoms with van der Waals surface area (Å²) in [5, 5.41) is 8.39. The van der Waals surface area contributed by atoms with Gasteiger partial charge in [0, 0.05) is 30.7 Å². The summed E-state index contributed by atoms with van der Waals surface area (Å²) in [6, 6.07) is 0. The Kier molecular flexibility index (Phi) is 2.17. The van der Waals surface area contributed by atoms with Crippen LogP contribution in [0.3, 0.4) is 0 Å². The Bertz CT molecular complexity index is 511. The fourth-order valence-corrected chi connectivity index (χ4v) is 2.29. The first kappa shape index (κ1) is 9.77. The summed E-state index contributed by atoms with van der Waals surface area (Å²) >= 11 is 1.42. The highest BCUT2D eigenvalue weighted by molar-refractivity contribution is 7.09. The molecule has 1 aliphatic carbocycles. The minimum atomic E-state index is 0.613. The van der Waals surface area contributed by atoms with Crippen LogP contribution in [0, 0.1) is 6.92 Å². The van der Waals surface area contributed by atoms with E-state index in [4.69, 9.17) is 0 Å². The number of hydrogen-bond donors (Lipinski definition) is 1. The molecule has 0 atom stereocenters. The van der Waals surface area contributed by atoms with Gasteiger partial charge in [-0.25, -0.2) is 4.98 Å². The van der Waals surface area contributed by atoms with Crippen LogP contribution in [-0.2, 0) is 7.05 Å². The molecule has 0 aromatic carbocycles. The third kappa shape index (κ3) is 1.80. The lowest BCUT2D eigenvalue weighted by molar-refractivity contribution is 0.756. The van der Waals surface area contributed by atoms with Crippen molar-refractivity contribution in [3.8, 4) is 0 Å². The Hall–Kier alpha value is -1.43. The molecule has 1 saturated carbocycles. The quantitative estimate of drug-likeness (QED) is 0.886. The van der Waals surface area contributed by atoms with E-state index in [0.717, 1.165) is 22.3 Å². The molecular formula is C10H13N5S. The molecule has 0 spiro atoms. The first-order valence-electron chi connectivity index (χ1n) is 5.33. The predicted octanol–water partition coefficient (Wildman–Crippen LogP) is 2.20. The normalized spacial score (nSPS) is 15.4. The zero-order valence-corrected chi connectivity index (χ0v) is 10.1. The molecule has 16 heavy (non-hydrogen) atoms. The summed E-state index contributed by atoms with van der Waals surface area (Å²) in [5.41, 5.74) is 1.98. The second-order valence-corrected chi connectivity index (χ2v) is 4.91. The smallest absolute Gasteiger partial charge is 0.207 e. The molecule has 0 aliphatic heterocycles. The average Bonchev–Trinajstić information content (AvgIpc) is 2.91. The molecule has 2 heterocycles. The number of nitrogens with zero attached hydrogens (tertiary/aromatic N) is 4. The van der Waals surface area contributed by atoms with E-state index in [9.17, 15) is 0 Å². The van der Waals surface area contributed by atoms with Crippen molar-refractivity contribution in [2.24, 2.45) is 7.05 Å². The van der Waals surface area contributed by atoms with Crippen LogP contribution in [0.5, 0.6) is 0 Å². The van der Waals surface area contributed by atoms with Gasteiger partial charge in [0.05, 0.1) is 11.4 Å². The van der Waals surface area contributed by atoms with Crippen LogP contribution in [0.2, 0.25) is 0 Å². The van der Waals surface area contributed by atoms with Crippen molar-refractivity contribution in [1.29, 1.82) is 0 Å². The summed E-state index contributed by atoms with van der Waals surface area (Å²) in [6.45, 7) is 1.98. The van der Waals surface area contributed by atoms with Crippen molar-refractivity contribution < 1.29 is 0 Å². The van der Waals surface area contributed by atoms with E-state index in [1.807, 2.05) is 20.2 Å². The third-order valence-electron chi connectivity index (χ3n) is 2.64. The highest BCUT2D eigenvalue weighted by Gasteiger charge is 2.27. The Balaban J connectivity index is 1.79. The number of aromatic nitrogens is 4. The molecule has 2 aromatic heterocycles. The molecule has 2 aromatic rings. The molecule has 5 nitrogen and oxygen atoms in total. The van der Waals surface area contributed by atoms with Crippen molar-refractivity contribution in [2.45, 2.75) is 25.7 Å². The van der Waals surface area contributed by atoms with Crippen LogP contribution in [0.4, 0.5) is 10.8 Å². The first-order valence-corrected chi connectivity index (χ1v) is 6.10. The Morgan fingerprint density at radius 2 is 2.31 bits per heavy atom. The van der Waals surface area contributed by atoms with Gasteiger partial charge in [-0.3, -0.25) is 4.68 Å². The molecule has 0 radical (unpaired) electrons. The van der Waals surface area contributed by atoms with E-state index in [2.05, 4.69) is 19.8 Å². The van der Waals surface area contributed by atoms with Gasteiger partial charge in [0.1, 0.15) is 5.82 Å². The van der Waals surface area contributed by atoms with Gasteiger partial charge in [-0.2, -0.15) is 9.47 Å². The topological polar surface area (TPSA) is 55.6 Å². The highest BCUT2D eigenvalue weighted by atomic mass is 32.1. The number of hydrogen-bond acceptors (Lipinski definition) is 5. The van der Waals surface area contributed by atoms with Gasteiger partial charge in [0.15, 0.2) is 0 Å². The standard InChI is InChI=1S/C10H13N5S/c1-6-8(5-15(2)13-6)11-10-12-9(14-16-10)7-3-4-7/h5,7H,3-4H2,1-2H3,(H,11,12,14). The van der Waals surface area contributed by atoms with Crippen LogP contribution in [0.15, 0.2) is 6.20 Å². The monoisotopic (exact) mass is 235 g/mol. The van der Waals surface area contributed by atoms with Crippen molar-refractivity contribution in [2.75, 3.05) is 5.32 Å². The van der Waals surface area contributed by atoms with Crippen LogP contribution in [0.25, 0.3) is 0 Å². The maximum absolute atomic E-state index is 4.48. The summed E-state index contributed by atoms with van der Waals surface area (Å²) in [5.74, 6) is 1.61. The zero-order valence-electron chi connectivity index (χ0n) is 9.27. The van der Waals surface area contributed by atoms with Crippen LogP contribution < -0.4 is 5.32 Å². The lowest BCUT2D eigenvalue weighted by Gasteiger charge is -1.97. The molecule has 0 unspecified atom stereocenters. The lowest BCUT2D eigenvalue weighted by Crippen LogP contribution is -1.90. The Morgan fingerprint density at radius 1 is 1.50 bits per heavy atom. The summed E-state index contributed by atoms with van der Waals surface area (Å²) in [6.07, 6.45) is 4.43. The van der Waals surface area contributed by atoms with E-state index >= 15 is 0 Å². The molecule has 0 amide bonds. The average molecular weight is 235 g/mol. The highest BCUT2D eigenvalue weighted by Crippen LogP contribution is 2.39. The van der Waals surface area contributed by atoms with Crippen molar-refractivity contribution >= 4 is 22.4 Å². The lowest BCUT2D eigenvalue weighted by atomic mass is 10.4. The fourth-order valence-electron chi connectivity index (χ4n) is 1.63. The molecule has 1 fully saturated rings. The van der Waals surface area contributed by atoms with Gasteiger partial charge in [-0.05, 0) is 19.8 Å². The number of anilines is 2. The molecule has 84 valence electrons. The first-order chi connectivity index (χ1) is 7.72. The Labute approximate surface area is 97.7 Å². The largest absolute Gasteiger partial charge is 0.327 e. The van der Waals surface area contributed by atoms with Gasteiger partial charge < -0.3 is 5.32 Å². The van der Waals surface area contributed by atoms with E-state index in [-0.39, 0.29) is 0 Å².